The summed E-state index contributed by atoms with van der Waals surface area (Å²) < 4.78 is 0.682. The normalized spacial score (nSPS) is 15.4. The van der Waals surface area contributed by atoms with Crippen LogP contribution >= 0.6 is 15.9 Å². The molecular weight excluding hydrogens is 216 g/mol. The summed E-state index contributed by atoms with van der Waals surface area (Å²) >= 11 is 3.24. The highest BCUT2D eigenvalue weighted by atomic mass is 79.9. The molecule has 0 bridgehead atoms. The summed E-state index contributed by atoms with van der Waals surface area (Å²) in [5.74, 6) is 0.161. The second kappa shape index (κ2) is 2.87. The van der Waals surface area contributed by atoms with Gasteiger partial charge in [0, 0.05) is 6.42 Å². The SMILES string of the molecule is O=C1Cc2ccccc2C=C1Br. The number of hydrogen-bond donors (Lipinski definition) is 0. The molecule has 0 heterocycles. The van der Waals surface area contributed by atoms with E-state index >= 15 is 0 Å². The highest BCUT2D eigenvalue weighted by Gasteiger charge is 2.14. The fraction of sp³-hybridized carbons (Fsp3) is 0.100. The Kier molecular flexibility index (Phi) is 1.85. The average Bonchev–Trinajstić information content (AvgIpc) is 2.07. The Morgan fingerprint density at radius 1 is 1.25 bits per heavy atom. The molecule has 0 saturated carbocycles. The molecule has 1 aliphatic rings. The number of allylic oxidation sites excluding steroid dienone is 1. The van der Waals surface area contributed by atoms with E-state index in [-0.39, 0.29) is 5.78 Å². The minimum absolute atomic E-state index is 0.161. The van der Waals surface area contributed by atoms with Crippen LogP contribution < -0.4 is 0 Å². The Morgan fingerprint density at radius 2 is 2.00 bits per heavy atom. The largest absolute Gasteiger partial charge is 0.293 e. The monoisotopic (exact) mass is 222 g/mol. The quantitative estimate of drug-likeness (QED) is 0.660. The van der Waals surface area contributed by atoms with Crippen molar-refractivity contribution in [2.45, 2.75) is 6.42 Å². The van der Waals surface area contributed by atoms with Gasteiger partial charge in [0.25, 0.3) is 0 Å². The molecular formula is C10H7BrO. The first-order valence-corrected chi connectivity index (χ1v) is 4.55. The van der Waals surface area contributed by atoms with Crippen molar-refractivity contribution in [2.75, 3.05) is 0 Å². The van der Waals surface area contributed by atoms with Crippen molar-refractivity contribution in [3.8, 4) is 0 Å². The maximum atomic E-state index is 11.2. The van der Waals surface area contributed by atoms with Gasteiger partial charge in [-0.15, -0.1) is 0 Å². The number of ketones is 1. The number of fused-ring (bicyclic) bond motifs is 1. The molecule has 0 aromatic heterocycles. The first kappa shape index (κ1) is 7.74. The van der Waals surface area contributed by atoms with Crippen molar-refractivity contribution < 1.29 is 4.79 Å². The summed E-state index contributed by atoms with van der Waals surface area (Å²) in [6.45, 7) is 0. The maximum Gasteiger partial charge on any atom is 0.174 e. The molecule has 0 aliphatic heterocycles. The maximum absolute atomic E-state index is 11.2. The highest BCUT2D eigenvalue weighted by molar-refractivity contribution is 9.12. The highest BCUT2D eigenvalue weighted by Crippen LogP contribution is 2.24. The summed E-state index contributed by atoms with van der Waals surface area (Å²) in [4.78, 5) is 11.2. The van der Waals surface area contributed by atoms with Gasteiger partial charge in [0.2, 0.25) is 0 Å². The van der Waals surface area contributed by atoms with Crippen LogP contribution in [0.15, 0.2) is 28.7 Å². The molecule has 1 aromatic carbocycles. The van der Waals surface area contributed by atoms with E-state index < -0.39 is 0 Å². The molecule has 2 heteroatoms. The smallest absolute Gasteiger partial charge is 0.174 e. The summed E-state index contributed by atoms with van der Waals surface area (Å²) in [5, 5.41) is 0. The molecule has 0 fully saturated rings. The van der Waals surface area contributed by atoms with E-state index in [4.69, 9.17) is 0 Å². The molecule has 0 spiro atoms. The van der Waals surface area contributed by atoms with Gasteiger partial charge in [-0.2, -0.15) is 0 Å². The lowest BCUT2D eigenvalue weighted by molar-refractivity contribution is -0.114. The summed E-state index contributed by atoms with van der Waals surface area (Å²) in [5.41, 5.74) is 2.26. The Bertz CT molecular complexity index is 366. The van der Waals surface area contributed by atoms with Crippen LogP contribution in [0, 0.1) is 0 Å². The molecule has 0 atom stereocenters. The molecule has 0 amide bonds. The second-order valence-corrected chi connectivity index (χ2v) is 3.65. The lowest BCUT2D eigenvalue weighted by atomic mass is 9.97. The van der Waals surface area contributed by atoms with Gasteiger partial charge in [0.1, 0.15) is 0 Å². The van der Waals surface area contributed by atoms with Crippen LogP contribution in [0.5, 0.6) is 0 Å². The predicted octanol–water partition coefficient (Wildman–Crippen LogP) is 2.55. The number of carbonyl (C=O) groups excluding carboxylic acids is 1. The molecule has 0 saturated heterocycles. The van der Waals surface area contributed by atoms with E-state index in [1.54, 1.807) is 0 Å². The molecule has 12 heavy (non-hydrogen) atoms. The number of rotatable bonds is 0. The van der Waals surface area contributed by atoms with Crippen LogP contribution in [0.1, 0.15) is 11.1 Å². The van der Waals surface area contributed by atoms with E-state index in [1.807, 2.05) is 30.3 Å². The van der Waals surface area contributed by atoms with Gasteiger partial charge in [-0.1, -0.05) is 24.3 Å². The first-order valence-electron chi connectivity index (χ1n) is 3.75. The molecule has 1 nitrogen and oxygen atoms in total. The molecule has 1 aromatic rings. The summed E-state index contributed by atoms with van der Waals surface area (Å²) in [7, 11) is 0. The Labute approximate surface area is 79.2 Å². The zero-order valence-corrected chi connectivity index (χ0v) is 7.97. The number of benzene rings is 1. The molecule has 0 N–H and O–H groups in total. The number of halogens is 1. The van der Waals surface area contributed by atoms with Crippen molar-refractivity contribution in [1.82, 2.24) is 0 Å². The van der Waals surface area contributed by atoms with E-state index in [0.717, 1.165) is 11.1 Å². The zero-order chi connectivity index (χ0) is 8.55. The molecule has 1 aliphatic carbocycles. The predicted molar refractivity (Wildman–Crippen MR) is 52.1 cm³/mol. The van der Waals surface area contributed by atoms with E-state index in [9.17, 15) is 4.79 Å². The van der Waals surface area contributed by atoms with Crippen molar-refractivity contribution in [3.63, 3.8) is 0 Å². The van der Waals surface area contributed by atoms with Crippen LogP contribution in [0.3, 0.4) is 0 Å². The van der Waals surface area contributed by atoms with Gasteiger partial charge in [-0.05, 0) is 33.1 Å². The van der Waals surface area contributed by atoms with Crippen LogP contribution in [0.25, 0.3) is 6.08 Å². The van der Waals surface area contributed by atoms with Gasteiger partial charge in [0.05, 0.1) is 4.48 Å². The number of Topliss-reactive ketones (excluding diaryl/α,β-unsaturated/α-hetero) is 1. The van der Waals surface area contributed by atoms with Gasteiger partial charge in [0.15, 0.2) is 5.78 Å². The molecule has 2 rings (SSSR count). The molecule has 60 valence electrons. The van der Waals surface area contributed by atoms with Crippen molar-refractivity contribution in [3.05, 3.63) is 39.9 Å². The van der Waals surface area contributed by atoms with E-state index in [2.05, 4.69) is 15.9 Å². The fourth-order valence-corrected chi connectivity index (χ4v) is 1.70. The lowest BCUT2D eigenvalue weighted by Gasteiger charge is -2.10. The third-order valence-corrected chi connectivity index (χ3v) is 2.63. The first-order chi connectivity index (χ1) is 5.77. The molecule has 0 radical (unpaired) electrons. The van der Waals surface area contributed by atoms with Crippen molar-refractivity contribution >= 4 is 27.8 Å². The third-order valence-electron chi connectivity index (χ3n) is 1.95. The summed E-state index contributed by atoms with van der Waals surface area (Å²) in [6.07, 6.45) is 2.40. The minimum Gasteiger partial charge on any atom is -0.293 e. The van der Waals surface area contributed by atoms with Crippen LogP contribution in [-0.4, -0.2) is 5.78 Å². The van der Waals surface area contributed by atoms with Gasteiger partial charge < -0.3 is 0 Å². The van der Waals surface area contributed by atoms with E-state index in [1.165, 1.54) is 0 Å². The number of hydrogen-bond acceptors (Lipinski definition) is 1. The topological polar surface area (TPSA) is 17.1 Å². The lowest BCUT2D eigenvalue weighted by Crippen LogP contribution is -2.08. The number of carbonyl (C=O) groups is 1. The van der Waals surface area contributed by atoms with E-state index in [0.29, 0.717) is 10.9 Å². The third kappa shape index (κ3) is 1.23. The van der Waals surface area contributed by atoms with Gasteiger partial charge in [-0.25, -0.2) is 0 Å². The summed E-state index contributed by atoms with van der Waals surface area (Å²) in [6, 6.07) is 7.94. The van der Waals surface area contributed by atoms with Crippen molar-refractivity contribution in [2.24, 2.45) is 0 Å². The van der Waals surface area contributed by atoms with Crippen molar-refractivity contribution in [1.29, 1.82) is 0 Å². The Hall–Kier alpha value is -0.890. The molecule has 0 unspecified atom stereocenters. The zero-order valence-electron chi connectivity index (χ0n) is 6.38. The van der Waals surface area contributed by atoms with Crippen LogP contribution in [0.2, 0.25) is 0 Å². The standard InChI is InChI=1S/C10H7BrO/c11-9-5-7-3-1-2-4-8(7)6-10(9)12/h1-5H,6H2. The fourth-order valence-electron chi connectivity index (χ4n) is 1.31. The van der Waals surface area contributed by atoms with Gasteiger partial charge in [-0.3, -0.25) is 4.79 Å². The van der Waals surface area contributed by atoms with Gasteiger partial charge >= 0.3 is 0 Å². The van der Waals surface area contributed by atoms with Crippen LogP contribution in [-0.2, 0) is 11.2 Å². The Balaban J connectivity index is 2.56. The Morgan fingerprint density at radius 3 is 2.83 bits per heavy atom. The van der Waals surface area contributed by atoms with Crippen LogP contribution in [0.4, 0.5) is 0 Å². The minimum atomic E-state index is 0.161. The average molecular weight is 223 g/mol. The second-order valence-electron chi connectivity index (χ2n) is 2.79.